The molecule has 0 fully saturated rings. The lowest BCUT2D eigenvalue weighted by Crippen LogP contribution is -2.42. The molecular weight excluding hydrogens is 304 g/mol. The Bertz CT molecular complexity index is 591. The van der Waals surface area contributed by atoms with Gasteiger partial charge in [-0.1, -0.05) is 19.1 Å². The van der Waals surface area contributed by atoms with Crippen molar-refractivity contribution in [2.24, 2.45) is 0 Å². The normalized spacial score (nSPS) is 13.1. The van der Waals surface area contributed by atoms with Crippen LogP contribution in [0, 0.1) is 6.92 Å². The highest BCUT2D eigenvalue weighted by molar-refractivity contribution is 7.76. The highest BCUT2D eigenvalue weighted by atomic mass is 32.2. The van der Waals surface area contributed by atoms with Gasteiger partial charge in [0, 0.05) is 23.4 Å². The van der Waals surface area contributed by atoms with Crippen LogP contribution < -0.4 is 0 Å². The average molecular weight is 327 g/mol. The lowest BCUT2D eigenvalue weighted by atomic mass is 10.1. The van der Waals surface area contributed by atoms with Crippen molar-refractivity contribution < 1.29 is 8.76 Å². The van der Waals surface area contributed by atoms with Crippen LogP contribution >= 0.6 is 11.3 Å². The summed E-state index contributed by atoms with van der Waals surface area (Å²) in [4.78, 5) is 4.24. The van der Waals surface area contributed by atoms with Gasteiger partial charge in [0.1, 0.15) is 0 Å². The molecular formula is C15H23N2O2S2-. The monoisotopic (exact) mass is 327 g/mol. The molecule has 2 rings (SSSR count). The van der Waals surface area contributed by atoms with Crippen LogP contribution in [-0.4, -0.2) is 30.1 Å². The van der Waals surface area contributed by atoms with Gasteiger partial charge in [0.2, 0.25) is 0 Å². The first-order valence-electron chi connectivity index (χ1n) is 6.93. The van der Waals surface area contributed by atoms with Crippen molar-refractivity contribution in [2.75, 3.05) is 6.54 Å². The molecule has 0 aliphatic carbocycles. The van der Waals surface area contributed by atoms with Gasteiger partial charge in [0.15, 0.2) is 0 Å². The molecule has 1 aromatic carbocycles. The number of aryl methyl sites for hydroxylation is 1. The Kier molecular flexibility index (Phi) is 6.93. The van der Waals surface area contributed by atoms with Crippen LogP contribution in [0.15, 0.2) is 23.7 Å². The summed E-state index contributed by atoms with van der Waals surface area (Å²) in [7, 11) is 0. The molecule has 0 saturated heterocycles. The summed E-state index contributed by atoms with van der Waals surface area (Å²) in [5.41, 5.74) is 4.01. The van der Waals surface area contributed by atoms with Crippen LogP contribution in [-0.2, 0) is 11.3 Å². The third-order valence-corrected chi connectivity index (χ3v) is 4.80. The summed E-state index contributed by atoms with van der Waals surface area (Å²) in [6.07, 6.45) is 0.852. The topological polar surface area (TPSA) is 56.3 Å². The maximum atomic E-state index is 10.7. The van der Waals surface area contributed by atoms with E-state index in [0.29, 0.717) is 6.54 Å². The highest BCUT2D eigenvalue weighted by Gasteiger charge is 2.20. The molecule has 1 heterocycles. The maximum Gasteiger partial charge on any atom is 0.0841 e. The third-order valence-electron chi connectivity index (χ3n) is 2.92. The predicted octanol–water partition coefficient (Wildman–Crippen LogP) is 3.90. The molecule has 0 bridgehead atoms. The summed E-state index contributed by atoms with van der Waals surface area (Å²) < 4.78 is 24.1. The molecule has 0 aliphatic heterocycles. The number of hydrogen-bond acceptors (Lipinski definition) is 4. The Morgan fingerprint density at radius 2 is 2.05 bits per heavy atom. The quantitative estimate of drug-likeness (QED) is 0.804. The second-order valence-corrected chi connectivity index (χ2v) is 7.53. The molecule has 0 saturated carbocycles. The number of aromatic nitrogens is 1. The summed E-state index contributed by atoms with van der Waals surface area (Å²) in [5, 5.41) is 0. The Morgan fingerprint density at radius 1 is 1.38 bits per heavy atom. The molecule has 1 aromatic heterocycles. The first-order valence-corrected chi connectivity index (χ1v) is 8.84. The lowest BCUT2D eigenvalue weighted by Gasteiger charge is -2.36. The number of thiazole rings is 1. The number of rotatable bonds is 3. The van der Waals surface area contributed by atoms with Crippen LogP contribution in [0.1, 0.15) is 39.7 Å². The SMILES string of the molecule is CCCN(S(=O)[O-])C(C)(C)C.Cc1cccc2scnc12. The van der Waals surface area contributed by atoms with Gasteiger partial charge >= 0.3 is 0 Å². The Morgan fingerprint density at radius 3 is 2.48 bits per heavy atom. The van der Waals surface area contributed by atoms with Gasteiger partial charge < -0.3 is 4.55 Å². The van der Waals surface area contributed by atoms with Gasteiger partial charge in [-0.25, -0.2) is 9.29 Å². The van der Waals surface area contributed by atoms with Crippen molar-refractivity contribution in [1.29, 1.82) is 0 Å². The molecule has 0 radical (unpaired) electrons. The predicted molar refractivity (Wildman–Crippen MR) is 90.0 cm³/mol. The van der Waals surface area contributed by atoms with E-state index in [1.54, 1.807) is 11.3 Å². The van der Waals surface area contributed by atoms with Gasteiger partial charge in [0.05, 0.1) is 15.7 Å². The molecule has 1 unspecified atom stereocenters. The summed E-state index contributed by atoms with van der Waals surface area (Å²) in [5.74, 6) is 0. The fourth-order valence-corrected chi connectivity index (χ4v) is 3.40. The smallest absolute Gasteiger partial charge is 0.0841 e. The minimum atomic E-state index is -2.09. The largest absolute Gasteiger partial charge is 0.760 e. The summed E-state index contributed by atoms with van der Waals surface area (Å²) >= 11 is -0.399. The minimum Gasteiger partial charge on any atom is -0.760 e. The Labute approximate surface area is 133 Å². The molecule has 21 heavy (non-hydrogen) atoms. The fourth-order valence-electron chi connectivity index (χ4n) is 1.87. The number of fused-ring (bicyclic) bond motifs is 1. The van der Waals surface area contributed by atoms with E-state index in [1.165, 1.54) is 14.6 Å². The third kappa shape index (κ3) is 5.47. The molecule has 2 aromatic rings. The molecule has 0 spiro atoms. The number of benzene rings is 1. The van der Waals surface area contributed by atoms with Crippen molar-refractivity contribution >= 4 is 32.8 Å². The molecule has 6 heteroatoms. The van der Waals surface area contributed by atoms with Crippen LogP contribution in [0.4, 0.5) is 0 Å². The number of para-hydroxylation sites is 1. The van der Waals surface area contributed by atoms with Crippen molar-refractivity contribution in [2.45, 2.75) is 46.6 Å². The molecule has 0 aliphatic rings. The van der Waals surface area contributed by atoms with E-state index in [0.717, 1.165) is 11.9 Å². The van der Waals surface area contributed by atoms with Gasteiger partial charge in [-0.15, -0.1) is 11.3 Å². The van der Waals surface area contributed by atoms with E-state index in [4.69, 9.17) is 0 Å². The van der Waals surface area contributed by atoms with Crippen LogP contribution in [0.25, 0.3) is 10.2 Å². The standard InChI is InChI=1S/C8H7NS.C7H17NO2S/c1-6-3-2-4-7-8(6)9-5-10-7;1-5-6-8(11(9)10)7(2,3)4/h2-5H,1H3;5-6H2,1-4H3,(H,9,10)/p-1. The summed E-state index contributed by atoms with van der Waals surface area (Å²) in [6.45, 7) is 10.3. The summed E-state index contributed by atoms with van der Waals surface area (Å²) in [6, 6.07) is 6.25. The Balaban J connectivity index is 0.000000210. The lowest BCUT2D eigenvalue weighted by molar-refractivity contribution is 0.242. The van der Waals surface area contributed by atoms with Gasteiger partial charge in [-0.3, -0.25) is 4.21 Å². The average Bonchev–Trinajstić information content (AvgIpc) is 2.84. The molecule has 118 valence electrons. The van der Waals surface area contributed by atoms with E-state index in [1.807, 2.05) is 33.2 Å². The highest BCUT2D eigenvalue weighted by Crippen LogP contribution is 2.19. The van der Waals surface area contributed by atoms with Crippen molar-refractivity contribution in [1.82, 2.24) is 9.29 Å². The van der Waals surface area contributed by atoms with Crippen molar-refractivity contribution in [3.05, 3.63) is 29.3 Å². The second kappa shape index (κ2) is 7.98. The zero-order valence-corrected chi connectivity index (χ0v) is 14.9. The first kappa shape index (κ1) is 18.2. The molecule has 1 atom stereocenters. The van der Waals surface area contributed by atoms with Gasteiger partial charge in [-0.05, 0) is 45.7 Å². The molecule has 4 nitrogen and oxygen atoms in total. The zero-order chi connectivity index (χ0) is 16.0. The first-order chi connectivity index (χ1) is 9.77. The zero-order valence-electron chi connectivity index (χ0n) is 13.3. The second-order valence-electron chi connectivity index (χ2n) is 5.76. The molecule has 0 amide bonds. The van der Waals surface area contributed by atoms with Crippen LogP contribution in [0.5, 0.6) is 0 Å². The van der Waals surface area contributed by atoms with Crippen LogP contribution in [0.3, 0.4) is 0 Å². The van der Waals surface area contributed by atoms with Gasteiger partial charge in [0.25, 0.3) is 0 Å². The van der Waals surface area contributed by atoms with Crippen LogP contribution in [0.2, 0.25) is 0 Å². The van der Waals surface area contributed by atoms with Gasteiger partial charge in [-0.2, -0.15) is 0 Å². The fraction of sp³-hybridized carbons (Fsp3) is 0.533. The van der Waals surface area contributed by atoms with E-state index >= 15 is 0 Å². The van der Waals surface area contributed by atoms with E-state index in [-0.39, 0.29) is 5.54 Å². The number of nitrogens with zero attached hydrogens (tertiary/aromatic N) is 2. The van der Waals surface area contributed by atoms with E-state index in [9.17, 15) is 8.76 Å². The van der Waals surface area contributed by atoms with E-state index in [2.05, 4.69) is 30.1 Å². The minimum absolute atomic E-state index is 0.289. The van der Waals surface area contributed by atoms with Crippen molar-refractivity contribution in [3.8, 4) is 0 Å². The molecule has 0 N–H and O–H groups in total. The Hall–Kier alpha value is -0.820. The maximum absolute atomic E-state index is 10.7. The van der Waals surface area contributed by atoms with Crippen molar-refractivity contribution in [3.63, 3.8) is 0 Å². The van der Waals surface area contributed by atoms with E-state index < -0.39 is 11.3 Å². The number of hydrogen-bond donors (Lipinski definition) is 0.